The zero-order valence-corrected chi connectivity index (χ0v) is 12.8. The minimum absolute atomic E-state index is 0.0134. The van der Waals surface area contributed by atoms with Crippen LogP contribution in [0.1, 0.15) is 18.4 Å². The quantitative estimate of drug-likeness (QED) is 0.788. The number of methoxy groups -OCH3 is 1. The van der Waals surface area contributed by atoms with Gasteiger partial charge in [0.2, 0.25) is 5.91 Å². The van der Waals surface area contributed by atoms with Crippen LogP contribution in [0.4, 0.5) is 5.69 Å². The standard InChI is InChI=1S/C16H22N2O3/c1-17(2)13-8-6-12(7-9-13)11-15(19)18-10-4-5-14(18)16(20)21-3/h6-9,14H,4-5,10-11H2,1-3H3/t14-/m1/s1. The Kier molecular flexibility index (Phi) is 4.83. The normalized spacial score (nSPS) is 17.7. The molecule has 5 nitrogen and oxygen atoms in total. The number of hydrogen-bond donors (Lipinski definition) is 0. The van der Waals surface area contributed by atoms with Crippen LogP contribution in [0.15, 0.2) is 24.3 Å². The van der Waals surface area contributed by atoms with E-state index >= 15 is 0 Å². The Labute approximate surface area is 125 Å². The van der Waals surface area contributed by atoms with E-state index < -0.39 is 6.04 Å². The number of anilines is 1. The summed E-state index contributed by atoms with van der Waals surface area (Å²) in [5.41, 5.74) is 2.06. The molecule has 0 N–H and O–H groups in total. The summed E-state index contributed by atoms with van der Waals surface area (Å²) in [6.07, 6.45) is 1.87. The molecular formula is C16H22N2O3. The maximum atomic E-state index is 12.4. The number of carbonyl (C=O) groups is 2. The predicted octanol–water partition coefficient (Wildman–Crippen LogP) is 1.46. The van der Waals surface area contributed by atoms with E-state index in [1.54, 1.807) is 4.90 Å². The van der Waals surface area contributed by atoms with E-state index in [-0.39, 0.29) is 11.9 Å². The van der Waals surface area contributed by atoms with Crippen molar-refractivity contribution in [3.8, 4) is 0 Å². The summed E-state index contributed by atoms with van der Waals surface area (Å²) in [6.45, 7) is 0.633. The van der Waals surface area contributed by atoms with Crippen LogP contribution in [0.25, 0.3) is 0 Å². The molecule has 1 aromatic carbocycles. The van der Waals surface area contributed by atoms with Gasteiger partial charge in [0.15, 0.2) is 0 Å². The van der Waals surface area contributed by atoms with E-state index in [1.165, 1.54) is 7.11 Å². The fraction of sp³-hybridized carbons (Fsp3) is 0.500. The SMILES string of the molecule is COC(=O)[C@H]1CCCN1C(=O)Cc1ccc(N(C)C)cc1. The molecule has 0 radical (unpaired) electrons. The molecule has 114 valence electrons. The van der Waals surface area contributed by atoms with Crippen molar-refractivity contribution in [2.75, 3.05) is 32.6 Å². The van der Waals surface area contributed by atoms with Gasteiger partial charge in [-0.05, 0) is 30.5 Å². The van der Waals surface area contributed by atoms with Gasteiger partial charge in [0, 0.05) is 26.3 Å². The maximum absolute atomic E-state index is 12.4. The molecule has 1 aliphatic heterocycles. The first-order chi connectivity index (χ1) is 10.0. The number of carbonyl (C=O) groups excluding carboxylic acids is 2. The zero-order chi connectivity index (χ0) is 15.4. The fourth-order valence-electron chi connectivity index (χ4n) is 2.63. The van der Waals surface area contributed by atoms with E-state index in [2.05, 4.69) is 0 Å². The molecule has 1 saturated heterocycles. The number of rotatable bonds is 4. The van der Waals surface area contributed by atoms with Gasteiger partial charge >= 0.3 is 5.97 Å². The Morgan fingerprint density at radius 1 is 1.29 bits per heavy atom. The molecule has 1 aliphatic rings. The summed E-state index contributed by atoms with van der Waals surface area (Å²) in [5, 5.41) is 0. The van der Waals surface area contributed by atoms with Gasteiger partial charge < -0.3 is 14.5 Å². The van der Waals surface area contributed by atoms with Gasteiger partial charge in [0.25, 0.3) is 0 Å². The number of benzene rings is 1. The van der Waals surface area contributed by atoms with Crippen molar-refractivity contribution >= 4 is 17.6 Å². The van der Waals surface area contributed by atoms with E-state index in [9.17, 15) is 9.59 Å². The minimum Gasteiger partial charge on any atom is -0.467 e. The van der Waals surface area contributed by atoms with Crippen molar-refractivity contribution in [3.63, 3.8) is 0 Å². The highest BCUT2D eigenvalue weighted by atomic mass is 16.5. The average Bonchev–Trinajstić information content (AvgIpc) is 2.96. The van der Waals surface area contributed by atoms with E-state index in [0.29, 0.717) is 19.4 Å². The number of ether oxygens (including phenoxy) is 1. The molecular weight excluding hydrogens is 268 g/mol. The van der Waals surface area contributed by atoms with Gasteiger partial charge in [0.1, 0.15) is 6.04 Å². The molecule has 0 bridgehead atoms. The fourth-order valence-corrected chi connectivity index (χ4v) is 2.63. The van der Waals surface area contributed by atoms with Crippen LogP contribution in [-0.2, 0) is 20.7 Å². The van der Waals surface area contributed by atoms with Crippen LogP contribution in [-0.4, -0.2) is 50.6 Å². The Balaban J connectivity index is 2.02. The van der Waals surface area contributed by atoms with Crippen molar-refractivity contribution in [3.05, 3.63) is 29.8 Å². The van der Waals surface area contributed by atoms with E-state index in [0.717, 1.165) is 17.7 Å². The number of likely N-dealkylation sites (tertiary alicyclic amines) is 1. The lowest BCUT2D eigenvalue weighted by Gasteiger charge is -2.22. The van der Waals surface area contributed by atoms with Gasteiger partial charge in [-0.15, -0.1) is 0 Å². The number of hydrogen-bond acceptors (Lipinski definition) is 4. The van der Waals surface area contributed by atoms with Crippen LogP contribution in [0.2, 0.25) is 0 Å². The molecule has 0 spiro atoms. The van der Waals surface area contributed by atoms with Crippen molar-refractivity contribution in [1.82, 2.24) is 4.90 Å². The predicted molar refractivity (Wildman–Crippen MR) is 81.2 cm³/mol. The van der Waals surface area contributed by atoms with Crippen LogP contribution < -0.4 is 4.90 Å². The highest BCUT2D eigenvalue weighted by Crippen LogP contribution is 2.20. The van der Waals surface area contributed by atoms with Crippen molar-refractivity contribution in [1.29, 1.82) is 0 Å². The highest BCUT2D eigenvalue weighted by molar-refractivity contribution is 5.86. The monoisotopic (exact) mass is 290 g/mol. The maximum Gasteiger partial charge on any atom is 0.328 e. The number of esters is 1. The first-order valence-corrected chi connectivity index (χ1v) is 7.16. The Hall–Kier alpha value is -2.04. The molecule has 0 aliphatic carbocycles. The highest BCUT2D eigenvalue weighted by Gasteiger charge is 2.34. The summed E-state index contributed by atoms with van der Waals surface area (Å²) in [6, 6.07) is 7.48. The van der Waals surface area contributed by atoms with Gasteiger partial charge in [-0.3, -0.25) is 4.79 Å². The molecule has 21 heavy (non-hydrogen) atoms. The molecule has 2 rings (SSSR count). The van der Waals surface area contributed by atoms with Crippen molar-refractivity contribution in [2.45, 2.75) is 25.3 Å². The van der Waals surface area contributed by atoms with Gasteiger partial charge in [-0.2, -0.15) is 0 Å². The topological polar surface area (TPSA) is 49.9 Å². The Morgan fingerprint density at radius 2 is 1.95 bits per heavy atom. The van der Waals surface area contributed by atoms with Crippen LogP contribution in [0.5, 0.6) is 0 Å². The third-order valence-electron chi connectivity index (χ3n) is 3.85. The van der Waals surface area contributed by atoms with Crippen LogP contribution in [0.3, 0.4) is 0 Å². The average molecular weight is 290 g/mol. The van der Waals surface area contributed by atoms with Crippen molar-refractivity contribution in [2.24, 2.45) is 0 Å². The molecule has 1 heterocycles. The Bertz CT molecular complexity index is 511. The van der Waals surface area contributed by atoms with Crippen LogP contribution >= 0.6 is 0 Å². The second-order valence-corrected chi connectivity index (χ2v) is 5.51. The van der Waals surface area contributed by atoms with E-state index in [1.807, 2.05) is 43.3 Å². The first-order valence-electron chi connectivity index (χ1n) is 7.16. The van der Waals surface area contributed by atoms with Gasteiger partial charge in [-0.1, -0.05) is 12.1 Å². The van der Waals surface area contributed by atoms with Crippen molar-refractivity contribution < 1.29 is 14.3 Å². The smallest absolute Gasteiger partial charge is 0.328 e. The summed E-state index contributed by atoms with van der Waals surface area (Å²) in [4.78, 5) is 27.7. The second kappa shape index (κ2) is 6.61. The molecule has 5 heteroatoms. The summed E-state index contributed by atoms with van der Waals surface area (Å²) in [5.74, 6) is -0.329. The summed E-state index contributed by atoms with van der Waals surface area (Å²) < 4.78 is 4.77. The molecule has 1 fully saturated rings. The molecule has 1 amide bonds. The van der Waals surface area contributed by atoms with Crippen LogP contribution in [0, 0.1) is 0 Å². The van der Waals surface area contributed by atoms with Gasteiger partial charge in [-0.25, -0.2) is 4.79 Å². The molecule has 1 atom stereocenters. The Morgan fingerprint density at radius 3 is 2.52 bits per heavy atom. The third kappa shape index (κ3) is 3.54. The first kappa shape index (κ1) is 15.4. The minimum atomic E-state index is -0.413. The molecule has 0 unspecified atom stereocenters. The lowest BCUT2D eigenvalue weighted by Crippen LogP contribution is -2.41. The zero-order valence-electron chi connectivity index (χ0n) is 12.8. The molecule has 0 aromatic heterocycles. The summed E-state index contributed by atoms with van der Waals surface area (Å²) in [7, 11) is 5.32. The summed E-state index contributed by atoms with van der Waals surface area (Å²) >= 11 is 0. The lowest BCUT2D eigenvalue weighted by atomic mass is 10.1. The molecule has 0 saturated carbocycles. The third-order valence-corrected chi connectivity index (χ3v) is 3.85. The number of nitrogens with zero attached hydrogens (tertiary/aromatic N) is 2. The van der Waals surface area contributed by atoms with E-state index in [4.69, 9.17) is 4.74 Å². The second-order valence-electron chi connectivity index (χ2n) is 5.51. The largest absolute Gasteiger partial charge is 0.467 e. The number of amides is 1. The lowest BCUT2D eigenvalue weighted by molar-refractivity contribution is -0.150. The van der Waals surface area contributed by atoms with Gasteiger partial charge in [0.05, 0.1) is 13.5 Å². The molecule has 1 aromatic rings.